The van der Waals surface area contributed by atoms with E-state index in [1.165, 1.54) is 11.1 Å². The molecule has 21 heavy (non-hydrogen) atoms. The van der Waals surface area contributed by atoms with Gasteiger partial charge in [-0.2, -0.15) is 5.10 Å². The van der Waals surface area contributed by atoms with E-state index in [4.69, 9.17) is 0 Å². The van der Waals surface area contributed by atoms with Gasteiger partial charge in [-0.05, 0) is 38.3 Å². The van der Waals surface area contributed by atoms with Crippen LogP contribution in [0.5, 0.6) is 0 Å². The van der Waals surface area contributed by atoms with Crippen LogP contribution < -0.4 is 5.32 Å². The Labute approximate surface area is 128 Å². The first-order chi connectivity index (χ1) is 10.1. The molecule has 2 aromatic rings. The smallest absolute Gasteiger partial charge is 0.0762 e. The maximum Gasteiger partial charge on any atom is 0.0762 e. The van der Waals surface area contributed by atoms with Gasteiger partial charge >= 0.3 is 0 Å². The standard InChI is InChI=1S/C18H27N3/c1-5-18(6-2)21-12-11-17(20-21)13-19-15(4)16-9-7-14(3)8-10-16/h7-12,15,18-19H,5-6,13H2,1-4H3. The van der Waals surface area contributed by atoms with Crippen LogP contribution in [0.15, 0.2) is 36.5 Å². The number of rotatable bonds is 7. The van der Waals surface area contributed by atoms with Crippen LogP contribution in [0.1, 0.15) is 62.5 Å². The zero-order valence-corrected chi connectivity index (χ0v) is 13.6. The molecule has 1 aromatic heterocycles. The zero-order valence-electron chi connectivity index (χ0n) is 13.6. The van der Waals surface area contributed by atoms with Crippen LogP contribution in [0.2, 0.25) is 0 Å². The third kappa shape index (κ3) is 4.18. The third-order valence-corrected chi connectivity index (χ3v) is 4.15. The van der Waals surface area contributed by atoms with E-state index in [9.17, 15) is 0 Å². The summed E-state index contributed by atoms with van der Waals surface area (Å²) in [7, 11) is 0. The molecule has 0 bridgehead atoms. The summed E-state index contributed by atoms with van der Waals surface area (Å²) in [4.78, 5) is 0. The van der Waals surface area contributed by atoms with Crippen molar-refractivity contribution in [2.45, 2.75) is 59.2 Å². The summed E-state index contributed by atoms with van der Waals surface area (Å²) in [5, 5.41) is 8.23. The highest BCUT2D eigenvalue weighted by molar-refractivity contribution is 5.23. The highest BCUT2D eigenvalue weighted by Gasteiger charge is 2.09. The molecule has 0 aliphatic rings. The van der Waals surface area contributed by atoms with Crippen LogP contribution in [0, 0.1) is 6.92 Å². The first-order valence-corrected chi connectivity index (χ1v) is 7.98. The maximum atomic E-state index is 4.69. The van der Waals surface area contributed by atoms with E-state index in [2.05, 4.69) is 79.3 Å². The maximum absolute atomic E-state index is 4.69. The quantitative estimate of drug-likeness (QED) is 0.817. The van der Waals surface area contributed by atoms with Crippen molar-refractivity contribution in [3.63, 3.8) is 0 Å². The molecule has 0 aliphatic carbocycles. The fraction of sp³-hybridized carbons (Fsp3) is 0.500. The molecule has 0 saturated heterocycles. The van der Waals surface area contributed by atoms with Gasteiger partial charge in [0.1, 0.15) is 0 Å². The lowest BCUT2D eigenvalue weighted by atomic mass is 10.1. The van der Waals surface area contributed by atoms with Gasteiger partial charge in [-0.1, -0.05) is 43.7 Å². The van der Waals surface area contributed by atoms with Gasteiger partial charge < -0.3 is 5.32 Å². The van der Waals surface area contributed by atoms with Crippen molar-refractivity contribution in [3.8, 4) is 0 Å². The van der Waals surface area contributed by atoms with E-state index >= 15 is 0 Å². The second kappa shape index (κ2) is 7.41. The van der Waals surface area contributed by atoms with Gasteiger partial charge in [0.25, 0.3) is 0 Å². The summed E-state index contributed by atoms with van der Waals surface area (Å²) in [6.45, 7) is 9.55. The van der Waals surface area contributed by atoms with Crippen LogP contribution >= 0.6 is 0 Å². The van der Waals surface area contributed by atoms with Crippen LogP contribution in [0.4, 0.5) is 0 Å². The summed E-state index contributed by atoms with van der Waals surface area (Å²) in [6, 6.07) is 11.7. The first-order valence-electron chi connectivity index (χ1n) is 7.98. The summed E-state index contributed by atoms with van der Waals surface area (Å²) in [5.74, 6) is 0. The predicted octanol–water partition coefficient (Wildman–Crippen LogP) is 4.40. The minimum atomic E-state index is 0.337. The van der Waals surface area contributed by atoms with E-state index in [1.54, 1.807) is 0 Å². The Bertz CT molecular complexity index is 538. The van der Waals surface area contributed by atoms with Crippen molar-refractivity contribution in [2.24, 2.45) is 0 Å². The van der Waals surface area contributed by atoms with Crippen molar-refractivity contribution in [1.29, 1.82) is 0 Å². The molecule has 0 amide bonds. The molecule has 2 rings (SSSR count). The molecule has 0 aliphatic heterocycles. The number of hydrogen-bond donors (Lipinski definition) is 1. The van der Waals surface area contributed by atoms with E-state index in [-0.39, 0.29) is 0 Å². The molecule has 114 valence electrons. The Hall–Kier alpha value is -1.61. The molecule has 1 unspecified atom stereocenters. The highest BCUT2D eigenvalue weighted by Crippen LogP contribution is 2.16. The summed E-state index contributed by atoms with van der Waals surface area (Å²) >= 11 is 0. The lowest BCUT2D eigenvalue weighted by Crippen LogP contribution is -2.18. The molecule has 0 saturated carbocycles. The topological polar surface area (TPSA) is 29.9 Å². The molecule has 0 spiro atoms. The van der Waals surface area contributed by atoms with Gasteiger partial charge in [0.05, 0.1) is 11.7 Å². The molecule has 1 N–H and O–H groups in total. The van der Waals surface area contributed by atoms with Gasteiger partial charge in [0.2, 0.25) is 0 Å². The Balaban J connectivity index is 1.92. The van der Waals surface area contributed by atoms with Crippen LogP contribution in [-0.4, -0.2) is 9.78 Å². The summed E-state index contributed by atoms with van der Waals surface area (Å²) in [6.07, 6.45) is 4.36. The fourth-order valence-electron chi connectivity index (χ4n) is 2.57. The Morgan fingerprint density at radius 1 is 1.10 bits per heavy atom. The van der Waals surface area contributed by atoms with Gasteiger partial charge in [0.15, 0.2) is 0 Å². The molecule has 0 radical (unpaired) electrons. The number of benzene rings is 1. The van der Waals surface area contributed by atoms with Crippen molar-refractivity contribution < 1.29 is 0 Å². The number of nitrogens with one attached hydrogen (secondary N) is 1. The second-order valence-electron chi connectivity index (χ2n) is 5.77. The number of hydrogen-bond acceptors (Lipinski definition) is 2. The van der Waals surface area contributed by atoms with Gasteiger partial charge in [0, 0.05) is 18.8 Å². The molecule has 1 aromatic carbocycles. The SMILES string of the molecule is CCC(CC)n1ccc(CNC(C)c2ccc(C)cc2)n1. The minimum Gasteiger partial charge on any atom is -0.304 e. The number of nitrogens with zero attached hydrogens (tertiary/aromatic N) is 2. The zero-order chi connectivity index (χ0) is 15.2. The van der Waals surface area contributed by atoms with E-state index in [0.717, 1.165) is 25.1 Å². The van der Waals surface area contributed by atoms with Crippen molar-refractivity contribution in [2.75, 3.05) is 0 Å². The Morgan fingerprint density at radius 3 is 2.38 bits per heavy atom. The van der Waals surface area contributed by atoms with E-state index in [1.807, 2.05) is 0 Å². The summed E-state index contributed by atoms with van der Waals surface area (Å²) < 4.78 is 2.10. The number of aryl methyl sites for hydroxylation is 1. The summed E-state index contributed by atoms with van der Waals surface area (Å²) in [5.41, 5.74) is 3.73. The average molecular weight is 285 g/mol. The molecule has 3 heteroatoms. The average Bonchev–Trinajstić information content (AvgIpc) is 2.96. The third-order valence-electron chi connectivity index (χ3n) is 4.15. The molecule has 1 atom stereocenters. The Kier molecular flexibility index (Phi) is 5.57. The van der Waals surface area contributed by atoms with Gasteiger partial charge in [-0.25, -0.2) is 0 Å². The van der Waals surface area contributed by atoms with Crippen LogP contribution in [0.25, 0.3) is 0 Å². The second-order valence-corrected chi connectivity index (χ2v) is 5.77. The van der Waals surface area contributed by atoms with E-state index < -0.39 is 0 Å². The lowest BCUT2D eigenvalue weighted by molar-refractivity contribution is 0.423. The first kappa shape index (κ1) is 15.8. The van der Waals surface area contributed by atoms with Crippen LogP contribution in [0.3, 0.4) is 0 Å². The normalized spacial score (nSPS) is 12.8. The Morgan fingerprint density at radius 2 is 1.76 bits per heavy atom. The monoisotopic (exact) mass is 285 g/mol. The highest BCUT2D eigenvalue weighted by atomic mass is 15.3. The van der Waals surface area contributed by atoms with Gasteiger partial charge in [-0.15, -0.1) is 0 Å². The minimum absolute atomic E-state index is 0.337. The van der Waals surface area contributed by atoms with Crippen LogP contribution in [-0.2, 0) is 6.54 Å². The molecular weight excluding hydrogens is 258 g/mol. The molecule has 1 heterocycles. The molecular formula is C18H27N3. The number of aromatic nitrogens is 2. The van der Waals surface area contributed by atoms with Crippen molar-refractivity contribution >= 4 is 0 Å². The largest absolute Gasteiger partial charge is 0.304 e. The van der Waals surface area contributed by atoms with Crippen molar-refractivity contribution in [1.82, 2.24) is 15.1 Å². The van der Waals surface area contributed by atoms with E-state index in [0.29, 0.717) is 12.1 Å². The van der Waals surface area contributed by atoms with Crippen molar-refractivity contribution in [3.05, 3.63) is 53.3 Å². The lowest BCUT2D eigenvalue weighted by Gasteiger charge is -2.14. The predicted molar refractivity (Wildman–Crippen MR) is 88.3 cm³/mol. The molecule has 0 fully saturated rings. The van der Waals surface area contributed by atoms with Gasteiger partial charge in [-0.3, -0.25) is 4.68 Å². The molecule has 3 nitrogen and oxygen atoms in total. The fourth-order valence-corrected chi connectivity index (χ4v) is 2.57.